The van der Waals surface area contributed by atoms with Gasteiger partial charge in [-0.25, -0.2) is 0 Å². The fraction of sp³-hybridized carbons (Fsp3) is 0.292. The van der Waals surface area contributed by atoms with Crippen LogP contribution in [0, 0.1) is 29.6 Å². The lowest BCUT2D eigenvalue weighted by Crippen LogP contribution is -2.50. The second kappa shape index (κ2) is 7.90. The SMILES string of the molecule is C#Cc1ccc(C#Cc2ccc(OC(=O)C3(C)COC(C)(C)OC3)cc2)cc1. The van der Waals surface area contributed by atoms with Gasteiger partial charge >= 0.3 is 5.97 Å². The number of rotatable bonds is 2. The Morgan fingerprint density at radius 1 is 0.893 bits per heavy atom. The third-order valence-electron chi connectivity index (χ3n) is 4.44. The molecule has 1 aliphatic heterocycles. The van der Waals surface area contributed by atoms with Crippen LogP contribution < -0.4 is 4.74 Å². The van der Waals surface area contributed by atoms with E-state index in [2.05, 4.69) is 17.8 Å². The fourth-order valence-electron chi connectivity index (χ4n) is 2.50. The molecule has 4 heteroatoms. The highest BCUT2D eigenvalue weighted by molar-refractivity contribution is 5.79. The van der Waals surface area contributed by atoms with Gasteiger partial charge in [0.05, 0.1) is 13.2 Å². The van der Waals surface area contributed by atoms with Crippen molar-refractivity contribution >= 4 is 5.97 Å². The monoisotopic (exact) mass is 374 g/mol. The maximum Gasteiger partial charge on any atom is 0.321 e. The van der Waals surface area contributed by atoms with E-state index in [0.717, 1.165) is 16.7 Å². The molecule has 2 aromatic carbocycles. The molecular formula is C24H22O4. The lowest BCUT2D eigenvalue weighted by atomic mass is 9.92. The Labute approximate surface area is 165 Å². The van der Waals surface area contributed by atoms with E-state index in [-0.39, 0.29) is 19.2 Å². The zero-order valence-electron chi connectivity index (χ0n) is 16.2. The number of hydrogen-bond acceptors (Lipinski definition) is 4. The minimum absolute atomic E-state index is 0.251. The van der Waals surface area contributed by atoms with Crippen LogP contribution in [0.3, 0.4) is 0 Å². The summed E-state index contributed by atoms with van der Waals surface area (Å²) in [6, 6.07) is 14.5. The van der Waals surface area contributed by atoms with Gasteiger partial charge in [-0.3, -0.25) is 4.79 Å². The summed E-state index contributed by atoms with van der Waals surface area (Å²) in [7, 11) is 0. The molecule has 3 rings (SSSR count). The molecule has 1 fully saturated rings. The molecule has 0 aromatic heterocycles. The summed E-state index contributed by atoms with van der Waals surface area (Å²) in [5, 5.41) is 0. The average molecular weight is 374 g/mol. The van der Waals surface area contributed by atoms with E-state index in [1.165, 1.54) is 0 Å². The van der Waals surface area contributed by atoms with Crippen LogP contribution in [0.2, 0.25) is 0 Å². The smallest absolute Gasteiger partial charge is 0.321 e. The first-order valence-electron chi connectivity index (χ1n) is 8.99. The fourth-order valence-corrected chi connectivity index (χ4v) is 2.50. The van der Waals surface area contributed by atoms with Gasteiger partial charge in [0.1, 0.15) is 11.2 Å². The minimum Gasteiger partial charge on any atom is -0.426 e. The van der Waals surface area contributed by atoms with Crippen LogP contribution in [0.4, 0.5) is 0 Å². The van der Waals surface area contributed by atoms with E-state index in [0.29, 0.717) is 5.75 Å². The topological polar surface area (TPSA) is 44.8 Å². The van der Waals surface area contributed by atoms with E-state index < -0.39 is 11.2 Å². The molecule has 0 unspecified atom stereocenters. The first-order chi connectivity index (χ1) is 13.3. The van der Waals surface area contributed by atoms with Gasteiger partial charge in [0.15, 0.2) is 5.79 Å². The van der Waals surface area contributed by atoms with Crippen molar-refractivity contribution in [1.82, 2.24) is 0 Å². The maximum atomic E-state index is 12.5. The second-order valence-electron chi connectivity index (χ2n) is 7.42. The van der Waals surface area contributed by atoms with Crippen LogP contribution in [0.5, 0.6) is 5.75 Å². The normalized spacial score (nSPS) is 16.9. The maximum absolute atomic E-state index is 12.5. The van der Waals surface area contributed by atoms with Crippen LogP contribution >= 0.6 is 0 Å². The molecule has 28 heavy (non-hydrogen) atoms. The molecule has 0 atom stereocenters. The van der Waals surface area contributed by atoms with Crippen molar-refractivity contribution < 1.29 is 19.0 Å². The number of carbonyl (C=O) groups is 1. The molecular weight excluding hydrogens is 352 g/mol. The highest BCUT2D eigenvalue weighted by Crippen LogP contribution is 2.31. The highest BCUT2D eigenvalue weighted by Gasteiger charge is 2.43. The highest BCUT2D eigenvalue weighted by atomic mass is 16.7. The zero-order chi connectivity index (χ0) is 20.2. The summed E-state index contributed by atoms with van der Waals surface area (Å²) >= 11 is 0. The van der Waals surface area contributed by atoms with Gasteiger partial charge in [0.2, 0.25) is 0 Å². The number of esters is 1. The van der Waals surface area contributed by atoms with Gasteiger partial charge in [-0.1, -0.05) is 17.8 Å². The van der Waals surface area contributed by atoms with E-state index in [1.54, 1.807) is 19.1 Å². The summed E-state index contributed by atoms with van der Waals surface area (Å²) in [6.07, 6.45) is 5.35. The van der Waals surface area contributed by atoms with Gasteiger partial charge in [-0.2, -0.15) is 0 Å². The number of benzene rings is 2. The predicted octanol–water partition coefficient (Wildman–Crippen LogP) is 3.76. The molecule has 0 amide bonds. The first kappa shape index (κ1) is 19.7. The predicted molar refractivity (Wildman–Crippen MR) is 107 cm³/mol. The molecule has 0 radical (unpaired) electrons. The lowest BCUT2D eigenvalue weighted by Gasteiger charge is -2.39. The van der Waals surface area contributed by atoms with Gasteiger partial charge in [-0.15, -0.1) is 6.42 Å². The van der Waals surface area contributed by atoms with E-state index in [9.17, 15) is 4.79 Å². The molecule has 142 valence electrons. The van der Waals surface area contributed by atoms with Crippen LogP contribution in [-0.2, 0) is 14.3 Å². The van der Waals surface area contributed by atoms with Crippen LogP contribution in [-0.4, -0.2) is 25.0 Å². The molecule has 4 nitrogen and oxygen atoms in total. The molecule has 2 aromatic rings. The van der Waals surface area contributed by atoms with Crippen molar-refractivity contribution in [3.05, 3.63) is 65.2 Å². The van der Waals surface area contributed by atoms with Gasteiger partial charge in [0, 0.05) is 16.7 Å². The lowest BCUT2D eigenvalue weighted by molar-refractivity contribution is -0.279. The molecule has 0 bridgehead atoms. The van der Waals surface area contributed by atoms with E-state index >= 15 is 0 Å². The van der Waals surface area contributed by atoms with Gasteiger partial charge in [0.25, 0.3) is 0 Å². The zero-order valence-corrected chi connectivity index (χ0v) is 16.2. The summed E-state index contributed by atoms with van der Waals surface area (Å²) in [5.41, 5.74) is 1.68. The average Bonchev–Trinajstić information content (AvgIpc) is 2.70. The second-order valence-corrected chi connectivity index (χ2v) is 7.42. The number of ether oxygens (including phenoxy) is 3. The van der Waals surface area contributed by atoms with Crippen molar-refractivity contribution in [2.45, 2.75) is 26.6 Å². The molecule has 1 aliphatic rings. The number of hydrogen-bond donors (Lipinski definition) is 0. The minimum atomic E-state index is -0.835. The Kier molecular flexibility index (Phi) is 5.56. The Hall–Kier alpha value is -3.05. The first-order valence-corrected chi connectivity index (χ1v) is 8.99. The van der Waals surface area contributed by atoms with Crippen LogP contribution in [0.1, 0.15) is 37.5 Å². The summed E-state index contributed by atoms with van der Waals surface area (Å²) in [6.45, 7) is 5.92. The molecule has 0 spiro atoms. The Balaban J connectivity index is 1.62. The molecule has 1 saturated heterocycles. The summed E-state index contributed by atoms with van der Waals surface area (Å²) < 4.78 is 16.7. The van der Waals surface area contributed by atoms with Gasteiger partial charge < -0.3 is 14.2 Å². The molecule has 1 heterocycles. The van der Waals surface area contributed by atoms with Crippen molar-refractivity contribution in [3.63, 3.8) is 0 Å². The molecule has 0 saturated carbocycles. The summed E-state index contributed by atoms with van der Waals surface area (Å²) in [5.74, 6) is 8.13. The summed E-state index contributed by atoms with van der Waals surface area (Å²) in [4.78, 5) is 12.5. The Morgan fingerprint density at radius 3 is 1.86 bits per heavy atom. The van der Waals surface area contributed by atoms with Crippen molar-refractivity contribution in [3.8, 4) is 29.9 Å². The van der Waals surface area contributed by atoms with Crippen molar-refractivity contribution in [2.24, 2.45) is 5.41 Å². The standard InChI is InChI=1S/C24H22O4/c1-5-18-6-8-19(9-7-18)10-11-20-12-14-21(15-13-20)28-22(25)24(4)16-26-23(2,3)27-17-24/h1,6-9,12-15H,16-17H2,2-4H3. The quantitative estimate of drug-likeness (QED) is 0.456. The third-order valence-corrected chi connectivity index (χ3v) is 4.44. The van der Waals surface area contributed by atoms with Crippen molar-refractivity contribution in [2.75, 3.05) is 13.2 Å². The van der Waals surface area contributed by atoms with Crippen molar-refractivity contribution in [1.29, 1.82) is 0 Å². The number of terminal acetylenes is 1. The molecule has 0 N–H and O–H groups in total. The van der Waals surface area contributed by atoms with Crippen LogP contribution in [0.15, 0.2) is 48.5 Å². The molecule has 0 aliphatic carbocycles. The number of carbonyl (C=O) groups excluding carboxylic acids is 1. The van der Waals surface area contributed by atoms with E-state index in [4.69, 9.17) is 20.6 Å². The van der Waals surface area contributed by atoms with E-state index in [1.807, 2.05) is 50.2 Å². The van der Waals surface area contributed by atoms with Crippen LogP contribution in [0.25, 0.3) is 0 Å². The van der Waals surface area contributed by atoms with Gasteiger partial charge in [-0.05, 0) is 69.3 Å². The Bertz CT molecular complexity index is 941. The third kappa shape index (κ3) is 4.81. The Morgan fingerprint density at radius 2 is 1.36 bits per heavy atom. The largest absolute Gasteiger partial charge is 0.426 e.